The molecule has 0 unspecified atom stereocenters. The largest absolute Gasteiger partial charge is 0.357 e. The average Bonchev–Trinajstić information content (AvgIpc) is 2.97. The first-order chi connectivity index (χ1) is 10.5. The van der Waals surface area contributed by atoms with Gasteiger partial charge < -0.3 is 10.6 Å². The Morgan fingerprint density at radius 1 is 1.23 bits per heavy atom. The molecular weight excluding hydrogens is 310 g/mol. The van der Waals surface area contributed by atoms with Crippen molar-refractivity contribution in [3.8, 4) is 0 Å². The monoisotopic (exact) mass is 328 g/mol. The van der Waals surface area contributed by atoms with E-state index < -0.39 is 17.2 Å². The van der Waals surface area contributed by atoms with Gasteiger partial charge in [0, 0.05) is 11.9 Å². The Morgan fingerprint density at radius 2 is 1.91 bits per heavy atom. The van der Waals surface area contributed by atoms with Crippen molar-refractivity contribution in [3.63, 3.8) is 0 Å². The third kappa shape index (κ3) is 3.76. The number of rotatable bonds is 5. The maximum absolute atomic E-state index is 13.1. The molecule has 1 aliphatic rings. The predicted molar refractivity (Wildman–Crippen MR) is 80.5 cm³/mol. The van der Waals surface area contributed by atoms with Gasteiger partial charge in [0.15, 0.2) is 11.6 Å². The van der Waals surface area contributed by atoms with E-state index in [1.54, 1.807) is 7.05 Å². The van der Waals surface area contributed by atoms with Crippen molar-refractivity contribution in [2.24, 2.45) is 0 Å². The number of carbonyl (C=O) groups is 2. The lowest BCUT2D eigenvalue weighted by atomic mass is 9.96. The van der Waals surface area contributed by atoms with E-state index >= 15 is 0 Å². The molecule has 0 aliphatic heterocycles. The molecule has 2 rings (SSSR count). The minimum absolute atomic E-state index is 0.0455. The minimum Gasteiger partial charge on any atom is -0.357 e. The van der Waals surface area contributed by atoms with Crippen molar-refractivity contribution in [2.75, 3.05) is 12.8 Å². The summed E-state index contributed by atoms with van der Waals surface area (Å²) >= 11 is 1.10. The molecule has 0 bridgehead atoms. The normalized spacial score (nSPS) is 16.3. The highest BCUT2D eigenvalue weighted by molar-refractivity contribution is 8.00. The van der Waals surface area contributed by atoms with Crippen LogP contribution in [0.15, 0.2) is 23.1 Å². The molecule has 7 heteroatoms. The molecule has 0 radical (unpaired) electrons. The van der Waals surface area contributed by atoms with Crippen molar-refractivity contribution >= 4 is 23.6 Å². The summed E-state index contributed by atoms with van der Waals surface area (Å²) in [6.45, 7) is 0. The van der Waals surface area contributed by atoms with Gasteiger partial charge in [-0.1, -0.05) is 12.8 Å². The third-order valence-electron chi connectivity index (χ3n) is 3.76. The number of halogens is 2. The van der Waals surface area contributed by atoms with Crippen LogP contribution in [-0.2, 0) is 9.59 Å². The number of thioether (sulfide) groups is 1. The van der Waals surface area contributed by atoms with E-state index in [9.17, 15) is 18.4 Å². The molecule has 1 fully saturated rings. The Morgan fingerprint density at radius 3 is 2.50 bits per heavy atom. The van der Waals surface area contributed by atoms with Crippen molar-refractivity contribution in [3.05, 3.63) is 29.8 Å². The molecule has 1 aromatic rings. The van der Waals surface area contributed by atoms with Gasteiger partial charge in [-0.05, 0) is 31.0 Å². The fourth-order valence-corrected chi connectivity index (χ4v) is 3.37. The maximum Gasteiger partial charge on any atom is 0.245 e. The number of nitrogens with one attached hydrogen (secondary N) is 2. The van der Waals surface area contributed by atoms with E-state index in [4.69, 9.17) is 0 Å². The Labute approximate surface area is 132 Å². The predicted octanol–water partition coefficient (Wildman–Crippen LogP) is 2.23. The van der Waals surface area contributed by atoms with Gasteiger partial charge in [0.05, 0.1) is 5.75 Å². The number of hydrogen-bond donors (Lipinski definition) is 2. The minimum atomic E-state index is -0.942. The van der Waals surface area contributed by atoms with Crippen LogP contribution in [0.1, 0.15) is 25.7 Å². The lowest BCUT2D eigenvalue weighted by molar-refractivity contribution is -0.132. The lowest BCUT2D eigenvalue weighted by Crippen LogP contribution is -2.56. The van der Waals surface area contributed by atoms with Crippen LogP contribution in [0.5, 0.6) is 0 Å². The van der Waals surface area contributed by atoms with Crippen LogP contribution >= 0.6 is 11.8 Å². The highest BCUT2D eigenvalue weighted by atomic mass is 32.2. The highest BCUT2D eigenvalue weighted by Gasteiger charge is 2.41. The van der Waals surface area contributed by atoms with Crippen molar-refractivity contribution in [1.29, 1.82) is 0 Å². The summed E-state index contributed by atoms with van der Waals surface area (Å²) in [5, 5.41) is 5.39. The zero-order valence-corrected chi connectivity index (χ0v) is 13.1. The first kappa shape index (κ1) is 16.7. The summed E-state index contributed by atoms with van der Waals surface area (Å²) in [5.74, 6) is -2.29. The van der Waals surface area contributed by atoms with E-state index in [1.165, 1.54) is 6.07 Å². The van der Waals surface area contributed by atoms with Gasteiger partial charge in [-0.15, -0.1) is 11.8 Å². The third-order valence-corrected chi connectivity index (χ3v) is 4.75. The van der Waals surface area contributed by atoms with Crippen molar-refractivity contribution < 1.29 is 18.4 Å². The van der Waals surface area contributed by atoms with Gasteiger partial charge >= 0.3 is 0 Å². The summed E-state index contributed by atoms with van der Waals surface area (Å²) in [4.78, 5) is 24.5. The fraction of sp³-hybridized carbons (Fsp3) is 0.467. The smallest absolute Gasteiger partial charge is 0.245 e. The zero-order chi connectivity index (χ0) is 16.2. The Kier molecular flexibility index (Phi) is 5.39. The van der Waals surface area contributed by atoms with Crippen LogP contribution in [0, 0.1) is 11.6 Å². The molecular formula is C15H18F2N2O2S. The first-order valence-electron chi connectivity index (χ1n) is 7.08. The van der Waals surface area contributed by atoms with Crippen LogP contribution in [0.4, 0.5) is 8.78 Å². The Balaban J connectivity index is 1.94. The molecule has 0 atom stereocenters. The van der Waals surface area contributed by atoms with Crippen LogP contribution in [0.3, 0.4) is 0 Å². The van der Waals surface area contributed by atoms with E-state index in [2.05, 4.69) is 10.6 Å². The van der Waals surface area contributed by atoms with E-state index in [0.717, 1.165) is 36.7 Å². The fourth-order valence-electron chi connectivity index (χ4n) is 2.65. The number of amides is 2. The molecule has 22 heavy (non-hydrogen) atoms. The van der Waals surface area contributed by atoms with Gasteiger partial charge in [-0.25, -0.2) is 8.78 Å². The van der Waals surface area contributed by atoms with Gasteiger partial charge in [-0.2, -0.15) is 0 Å². The second kappa shape index (κ2) is 7.09. The number of carbonyl (C=O) groups excluding carboxylic acids is 2. The summed E-state index contributed by atoms with van der Waals surface area (Å²) < 4.78 is 25.9. The quantitative estimate of drug-likeness (QED) is 0.815. The lowest BCUT2D eigenvalue weighted by Gasteiger charge is -2.28. The second-order valence-electron chi connectivity index (χ2n) is 5.28. The molecule has 0 spiro atoms. The molecule has 1 aliphatic carbocycles. The second-order valence-corrected chi connectivity index (χ2v) is 6.33. The number of likely N-dealkylation sites (N-methyl/N-ethyl adjacent to an activating group) is 1. The topological polar surface area (TPSA) is 58.2 Å². The summed E-state index contributed by atoms with van der Waals surface area (Å²) in [6, 6.07) is 3.50. The summed E-state index contributed by atoms with van der Waals surface area (Å²) in [7, 11) is 1.55. The molecule has 1 aromatic carbocycles. The average molecular weight is 328 g/mol. The van der Waals surface area contributed by atoms with Crippen LogP contribution < -0.4 is 10.6 Å². The Hall–Kier alpha value is -1.63. The molecule has 120 valence electrons. The first-order valence-corrected chi connectivity index (χ1v) is 8.06. The summed E-state index contributed by atoms with van der Waals surface area (Å²) in [6.07, 6.45) is 3.02. The van der Waals surface area contributed by atoms with Gasteiger partial charge in [0.2, 0.25) is 11.8 Å². The van der Waals surface area contributed by atoms with E-state index in [-0.39, 0.29) is 17.6 Å². The maximum atomic E-state index is 13.1. The van der Waals surface area contributed by atoms with Crippen LogP contribution in [0.2, 0.25) is 0 Å². The van der Waals surface area contributed by atoms with Gasteiger partial charge in [-0.3, -0.25) is 9.59 Å². The zero-order valence-electron chi connectivity index (χ0n) is 12.2. The van der Waals surface area contributed by atoms with Crippen molar-refractivity contribution in [1.82, 2.24) is 10.6 Å². The SMILES string of the molecule is CNC(=O)C1(NC(=O)CSc2ccc(F)c(F)c2)CCCC1. The van der Waals surface area contributed by atoms with Gasteiger partial charge in [0.25, 0.3) is 0 Å². The molecule has 0 heterocycles. The van der Waals surface area contributed by atoms with Gasteiger partial charge in [0.1, 0.15) is 5.54 Å². The molecule has 2 amide bonds. The molecule has 4 nitrogen and oxygen atoms in total. The van der Waals surface area contributed by atoms with Crippen LogP contribution in [-0.4, -0.2) is 30.2 Å². The summed E-state index contributed by atoms with van der Waals surface area (Å²) in [5.41, 5.74) is -0.833. The van der Waals surface area contributed by atoms with Crippen LogP contribution in [0.25, 0.3) is 0 Å². The highest BCUT2D eigenvalue weighted by Crippen LogP contribution is 2.30. The number of benzene rings is 1. The standard InChI is InChI=1S/C15H18F2N2O2S/c1-18-14(21)15(6-2-3-7-15)19-13(20)9-22-10-4-5-11(16)12(17)8-10/h4-5,8H,2-3,6-7,9H2,1H3,(H,18,21)(H,19,20). The Bertz CT molecular complexity index is 575. The molecule has 1 saturated carbocycles. The van der Waals surface area contributed by atoms with E-state index in [0.29, 0.717) is 17.7 Å². The molecule has 2 N–H and O–H groups in total. The van der Waals surface area contributed by atoms with Crippen molar-refractivity contribution in [2.45, 2.75) is 36.1 Å². The number of hydrogen-bond acceptors (Lipinski definition) is 3. The molecule has 0 aromatic heterocycles. The molecule has 0 saturated heterocycles. The van der Waals surface area contributed by atoms with E-state index in [1.807, 2.05) is 0 Å².